The predicted molar refractivity (Wildman–Crippen MR) is 78.7 cm³/mol. The molecule has 0 bridgehead atoms. The van der Waals surface area contributed by atoms with Gasteiger partial charge < -0.3 is 5.11 Å². The highest BCUT2D eigenvalue weighted by molar-refractivity contribution is 9.10. The minimum Gasteiger partial charge on any atom is -0.508 e. The molecule has 0 spiro atoms. The van der Waals surface area contributed by atoms with Gasteiger partial charge in [0.2, 0.25) is 0 Å². The molecule has 3 rings (SSSR count). The summed E-state index contributed by atoms with van der Waals surface area (Å²) < 4.78 is 78.1. The summed E-state index contributed by atoms with van der Waals surface area (Å²) in [5, 5.41) is 9.50. The standard InChI is InChI=1S/C14H5BrF6OS/c15-11-8(13(16,17)18)4-7-6-2-1-5(22)3-9(6)23-12(7)10(11)14(19,20)21/h1-4,22H. The van der Waals surface area contributed by atoms with Gasteiger partial charge in [-0.15, -0.1) is 11.3 Å². The van der Waals surface area contributed by atoms with E-state index in [9.17, 15) is 31.4 Å². The Bertz CT molecular complexity index is 925. The summed E-state index contributed by atoms with van der Waals surface area (Å²) in [6.07, 6.45) is -9.89. The molecule has 0 aliphatic carbocycles. The van der Waals surface area contributed by atoms with Crippen LogP contribution in [0, 0.1) is 0 Å². The second kappa shape index (κ2) is 5.01. The van der Waals surface area contributed by atoms with Crippen molar-refractivity contribution in [3.05, 3.63) is 39.9 Å². The van der Waals surface area contributed by atoms with Crippen molar-refractivity contribution < 1.29 is 31.4 Å². The molecule has 2 aromatic carbocycles. The fourth-order valence-electron chi connectivity index (χ4n) is 2.34. The van der Waals surface area contributed by atoms with Crippen molar-refractivity contribution in [1.82, 2.24) is 0 Å². The zero-order valence-corrected chi connectivity index (χ0v) is 13.2. The SMILES string of the molecule is Oc1ccc2c(c1)sc1c(C(F)(F)F)c(Br)c(C(F)(F)F)cc12. The van der Waals surface area contributed by atoms with E-state index < -0.39 is 28.0 Å². The lowest BCUT2D eigenvalue weighted by Gasteiger charge is -2.16. The van der Waals surface area contributed by atoms with Crippen LogP contribution >= 0.6 is 27.3 Å². The Hall–Kier alpha value is -1.48. The van der Waals surface area contributed by atoms with Crippen LogP contribution in [0.15, 0.2) is 28.7 Å². The van der Waals surface area contributed by atoms with Gasteiger partial charge in [-0.05, 0) is 40.2 Å². The first kappa shape index (κ1) is 16.4. The molecule has 0 radical (unpaired) electrons. The van der Waals surface area contributed by atoms with Gasteiger partial charge in [0, 0.05) is 24.6 Å². The van der Waals surface area contributed by atoms with E-state index in [0.717, 1.165) is 0 Å². The Kier molecular flexibility index (Phi) is 3.57. The van der Waals surface area contributed by atoms with Crippen molar-refractivity contribution in [2.45, 2.75) is 12.4 Å². The maximum Gasteiger partial charge on any atom is 0.418 e. The van der Waals surface area contributed by atoms with Gasteiger partial charge in [0.1, 0.15) is 5.75 Å². The molecule has 122 valence electrons. The van der Waals surface area contributed by atoms with E-state index in [1.807, 2.05) is 0 Å². The van der Waals surface area contributed by atoms with Crippen LogP contribution in [0.25, 0.3) is 20.2 Å². The number of rotatable bonds is 0. The number of aromatic hydroxyl groups is 1. The minimum absolute atomic E-state index is 0.146. The van der Waals surface area contributed by atoms with Crippen molar-refractivity contribution in [3.63, 3.8) is 0 Å². The van der Waals surface area contributed by atoms with Crippen molar-refractivity contribution >= 4 is 47.4 Å². The van der Waals surface area contributed by atoms with Crippen molar-refractivity contribution in [1.29, 1.82) is 0 Å². The van der Waals surface area contributed by atoms with Gasteiger partial charge in [-0.3, -0.25) is 0 Å². The predicted octanol–water partition coefficient (Wildman–Crippen LogP) is 6.56. The second-order valence-electron chi connectivity index (χ2n) is 4.77. The average molecular weight is 415 g/mol. The highest BCUT2D eigenvalue weighted by Gasteiger charge is 2.42. The maximum atomic E-state index is 13.3. The first-order valence-corrected chi connectivity index (χ1v) is 7.63. The molecule has 0 fully saturated rings. The third kappa shape index (κ3) is 2.65. The molecule has 0 aliphatic heterocycles. The number of phenols is 1. The molecule has 0 unspecified atom stereocenters. The summed E-state index contributed by atoms with van der Waals surface area (Å²) in [6.45, 7) is 0. The van der Waals surface area contributed by atoms with E-state index in [1.165, 1.54) is 18.2 Å². The van der Waals surface area contributed by atoms with Crippen LogP contribution in [-0.4, -0.2) is 5.11 Å². The quantitative estimate of drug-likeness (QED) is 0.413. The lowest BCUT2D eigenvalue weighted by Crippen LogP contribution is -2.12. The Balaban J connectivity index is 2.55. The summed E-state index contributed by atoms with van der Waals surface area (Å²) in [5.41, 5.74) is -2.74. The van der Waals surface area contributed by atoms with Crippen molar-refractivity contribution in [2.24, 2.45) is 0 Å². The van der Waals surface area contributed by atoms with Gasteiger partial charge >= 0.3 is 12.4 Å². The topological polar surface area (TPSA) is 20.2 Å². The minimum atomic E-state index is -4.96. The summed E-state index contributed by atoms with van der Waals surface area (Å²) in [6, 6.07) is 4.45. The zero-order chi connectivity index (χ0) is 17.2. The molecule has 0 amide bonds. The van der Waals surface area contributed by atoms with Gasteiger partial charge in [-0.2, -0.15) is 26.3 Å². The highest BCUT2D eigenvalue weighted by atomic mass is 79.9. The third-order valence-corrected chi connectivity index (χ3v) is 5.28. The number of alkyl halides is 6. The number of hydrogen-bond acceptors (Lipinski definition) is 2. The summed E-state index contributed by atoms with van der Waals surface area (Å²) in [5.74, 6) is -0.173. The zero-order valence-electron chi connectivity index (χ0n) is 10.8. The summed E-state index contributed by atoms with van der Waals surface area (Å²) in [4.78, 5) is 0. The van der Waals surface area contributed by atoms with Gasteiger partial charge in [0.15, 0.2) is 0 Å². The van der Waals surface area contributed by atoms with Crippen LogP contribution in [-0.2, 0) is 12.4 Å². The molecule has 1 aromatic heterocycles. The molecule has 3 aromatic rings. The first-order valence-electron chi connectivity index (χ1n) is 6.02. The number of hydrogen-bond donors (Lipinski definition) is 1. The number of phenolic OH excluding ortho intramolecular Hbond substituents is 1. The number of benzene rings is 2. The van der Waals surface area contributed by atoms with Crippen molar-refractivity contribution in [3.8, 4) is 5.75 Å². The van der Waals surface area contributed by atoms with E-state index in [1.54, 1.807) is 0 Å². The van der Waals surface area contributed by atoms with E-state index in [2.05, 4.69) is 15.9 Å². The fourth-order valence-corrected chi connectivity index (χ4v) is 4.52. The molecule has 0 aliphatic rings. The van der Waals surface area contributed by atoms with Crippen LogP contribution in [0.1, 0.15) is 11.1 Å². The molecule has 0 atom stereocenters. The van der Waals surface area contributed by atoms with Crippen LogP contribution in [0.5, 0.6) is 5.75 Å². The van der Waals surface area contributed by atoms with Crippen LogP contribution in [0.2, 0.25) is 0 Å². The normalized spacial score (nSPS) is 13.2. The van der Waals surface area contributed by atoms with Crippen molar-refractivity contribution in [2.75, 3.05) is 0 Å². The smallest absolute Gasteiger partial charge is 0.418 e. The molecule has 0 saturated carbocycles. The monoisotopic (exact) mass is 414 g/mol. The van der Waals surface area contributed by atoms with Crippen LogP contribution in [0.4, 0.5) is 26.3 Å². The molecule has 9 heteroatoms. The Labute approximate surface area is 137 Å². The second-order valence-corrected chi connectivity index (χ2v) is 6.61. The summed E-state index contributed by atoms with van der Waals surface area (Å²) in [7, 11) is 0. The largest absolute Gasteiger partial charge is 0.508 e. The van der Waals surface area contributed by atoms with Gasteiger partial charge in [-0.25, -0.2) is 0 Å². The Morgan fingerprint density at radius 3 is 2.13 bits per heavy atom. The maximum absolute atomic E-state index is 13.3. The fraction of sp³-hybridized carbons (Fsp3) is 0.143. The van der Waals surface area contributed by atoms with Gasteiger partial charge in [-0.1, -0.05) is 0 Å². The van der Waals surface area contributed by atoms with E-state index in [4.69, 9.17) is 0 Å². The molecular weight excluding hydrogens is 410 g/mol. The lowest BCUT2D eigenvalue weighted by molar-refractivity contribution is -0.143. The molecule has 1 nitrogen and oxygen atoms in total. The molecule has 0 saturated heterocycles. The van der Waals surface area contributed by atoms with Gasteiger partial charge in [0.05, 0.1) is 11.1 Å². The van der Waals surface area contributed by atoms with E-state index >= 15 is 0 Å². The highest BCUT2D eigenvalue weighted by Crippen LogP contribution is 2.50. The first-order chi connectivity index (χ1) is 10.5. The van der Waals surface area contributed by atoms with E-state index in [-0.39, 0.29) is 25.9 Å². The molecule has 23 heavy (non-hydrogen) atoms. The molecule has 1 heterocycles. The number of thiophene rings is 1. The Morgan fingerprint density at radius 2 is 1.57 bits per heavy atom. The van der Waals surface area contributed by atoms with Crippen LogP contribution < -0.4 is 0 Å². The van der Waals surface area contributed by atoms with E-state index in [0.29, 0.717) is 17.4 Å². The average Bonchev–Trinajstić information content (AvgIpc) is 2.71. The van der Waals surface area contributed by atoms with Crippen LogP contribution in [0.3, 0.4) is 0 Å². The Morgan fingerprint density at radius 1 is 0.913 bits per heavy atom. The number of halogens is 7. The number of fused-ring (bicyclic) bond motifs is 3. The van der Waals surface area contributed by atoms with Gasteiger partial charge in [0.25, 0.3) is 0 Å². The third-order valence-electron chi connectivity index (χ3n) is 3.27. The lowest BCUT2D eigenvalue weighted by atomic mass is 10.0. The summed E-state index contributed by atoms with van der Waals surface area (Å²) >= 11 is 3.15. The molecule has 1 N–H and O–H groups in total. The molecular formula is C14H5BrF6OS.